The van der Waals surface area contributed by atoms with Crippen LogP contribution in [-0.4, -0.2) is 24.3 Å². The summed E-state index contributed by atoms with van der Waals surface area (Å²) in [6, 6.07) is 0.387. The minimum Gasteiger partial charge on any atom is -0.396 e. The van der Waals surface area contributed by atoms with Crippen molar-refractivity contribution in [3.63, 3.8) is 0 Å². The first-order valence-electron chi connectivity index (χ1n) is 4.97. The Morgan fingerprint density at radius 3 is 2.46 bits per heavy atom. The molecule has 2 nitrogen and oxygen atoms in total. The molecular formula is C11H23NO. The third-order valence-corrected chi connectivity index (χ3v) is 2.20. The van der Waals surface area contributed by atoms with Gasteiger partial charge in [-0.3, -0.25) is 0 Å². The molecule has 13 heavy (non-hydrogen) atoms. The minimum atomic E-state index is 0.212. The average Bonchev–Trinajstić information content (AvgIpc) is 2.01. The summed E-state index contributed by atoms with van der Waals surface area (Å²) < 4.78 is 0. The number of nitrogens with one attached hydrogen (secondary N) is 1. The van der Waals surface area contributed by atoms with Crippen molar-refractivity contribution in [2.75, 3.05) is 13.2 Å². The van der Waals surface area contributed by atoms with Gasteiger partial charge in [-0.05, 0) is 24.8 Å². The molecule has 0 aromatic rings. The topological polar surface area (TPSA) is 32.3 Å². The highest BCUT2D eigenvalue weighted by Gasteiger charge is 2.22. The molecule has 1 unspecified atom stereocenters. The van der Waals surface area contributed by atoms with Crippen molar-refractivity contribution in [2.45, 2.75) is 39.7 Å². The highest BCUT2D eigenvalue weighted by molar-refractivity contribution is 4.81. The van der Waals surface area contributed by atoms with E-state index in [1.807, 2.05) is 6.08 Å². The van der Waals surface area contributed by atoms with Crippen molar-refractivity contribution in [3.05, 3.63) is 12.7 Å². The molecule has 0 amide bonds. The van der Waals surface area contributed by atoms with Gasteiger partial charge in [-0.1, -0.05) is 26.8 Å². The molecule has 0 spiro atoms. The number of aliphatic hydroxyl groups is 1. The molecule has 2 heteroatoms. The van der Waals surface area contributed by atoms with E-state index in [0.29, 0.717) is 6.04 Å². The molecule has 2 N–H and O–H groups in total. The van der Waals surface area contributed by atoms with Crippen LogP contribution in [0, 0.1) is 5.41 Å². The fourth-order valence-corrected chi connectivity index (χ4v) is 1.33. The highest BCUT2D eigenvalue weighted by Crippen LogP contribution is 2.21. The Balaban J connectivity index is 3.87. The molecule has 78 valence electrons. The molecule has 0 bridgehead atoms. The zero-order valence-corrected chi connectivity index (χ0v) is 9.14. The summed E-state index contributed by atoms with van der Waals surface area (Å²) in [6.45, 7) is 11.4. The number of hydrogen-bond donors (Lipinski definition) is 2. The van der Waals surface area contributed by atoms with Crippen molar-refractivity contribution in [2.24, 2.45) is 5.41 Å². The van der Waals surface area contributed by atoms with E-state index in [4.69, 9.17) is 5.11 Å². The Bertz CT molecular complexity index is 138. The minimum absolute atomic E-state index is 0.212. The van der Waals surface area contributed by atoms with Gasteiger partial charge in [0, 0.05) is 12.6 Å². The van der Waals surface area contributed by atoms with Gasteiger partial charge in [0.25, 0.3) is 0 Å². The highest BCUT2D eigenvalue weighted by atomic mass is 16.3. The van der Waals surface area contributed by atoms with E-state index in [9.17, 15) is 0 Å². The molecule has 1 atom stereocenters. The lowest BCUT2D eigenvalue weighted by Crippen LogP contribution is -2.41. The smallest absolute Gasteiger partial charge is 0.0446 e. The maximum absolute atomic E-state index is 8.90. The van der Waals surface area contributed by atoms with Crippen LogP contribution in [0.4, 0.5) is 0 Å². The summed E-state index contributed by atoms with van der Waals surface area (Å²) in [7, 11) is 0. The standard InChI is InChI=1S/C11H23NO/c1-5-6-8-12-10(7-9-13)11(2,3)4/h5,10,12-13H,1,6-9H2,2-4H3. The Morgan fingerprint density at radius 1 is 1.46 bits per heavy atom. The number of hydrogen-bond acceptors (Lipinski definition) is 2. The Kier molecular flexibility index (Phi) is 6.00. The van der Waals surface area contributed by atoms with E-state index >= 15 is 0 Å². The molecule has 0 heterocycles. The first-order chi connectivity index (χ1) is 6.02. The molecule has 0 aliphatic rings. The summed E-state index contributed by atoms with van der Waals surface area (Å²) in [6.07, 6.45) is 3.71. The van der Waals surface area contributed by atoms with Crippen LogP contribution in [0.1, 0.15) is 33.6 Å². The molecule has 0 aromatic carbocycles. The lowest BCUT2D eigenvalue weighted by atomic mass is 9.85. The molecule has 0 rings (SSSR count). The Labute approximate surface area is 82.0 Å². The second-order valence-electron chi connectivity index (χ2n) is 4.46. The molecular weight excluding hydrogens is 162 g/mol. The predicted octanol–water partition coefficient (Wildman–Crippen LogP) is 1.95. The van der Waals surface area contributed by atoms with Crippen LogP contribution in [0.2, 0.25) is 0 Å². The van der Waals surface area contributed by atoms with Gasteiger partial charge in [0.05, 0.1) is 0 Å². The van der Waals surface area contributed by atoms with Crippen LogP contribution in [-0.2, 0) is 0 Å². The second kappa shape index (κ2) is 6.17. The summed E-state index contributed by atoms with van der Waals surface area (Å²) in [4.78, 5) is 0. The monoisotopic (exact) mass is 185 g/mol. The van der Waals surface area contributed by atoms with Crippen LogP contribution in [0.25, 0.3) is 0 Å². The first kappa shape index (κ1) is 12.7. The van der Waals surface area contributed by atoms with Crippen molar-refractivity contribution < 1.29 is 5.11 Å². The van der Waals surface area contributed by atoms with Crippen molar-refractivity contribution in [1.29, 1.82) is 0 Å². The maximum atomic E-state index is 8.90. The SMILES string of the molecule is C=CCCNC(CCO)C(C)(C)C. The van der Waals surface area contributed by atoms with Crippen LogP contribution >= 0.6 is 0 Å². The Hall–Kier alpha value is -0.340. The summed E-state index contributed by atoms with van der Waals surface area (Å²) in [5, 5.41) is 12.3. The zero-order valence-electron chi connectivity index (χ0n) is 9.14. The van der Waals surface area contributed by atoms with Crippen molar-refractivity contribution in [1.82, 2.24) is 5.32 Å². The van der Waals surface area contributed by atoms with Crippen LogP contribution in [0.15, 0.2) is 12.7 Å². The average molecular weight is 185 g/mol. The third-order valence-electron chi connectivity index (χ3n) is 2.20. The van der Waals surface area contributed by atoms with Crippen LogP contribution in [0.5, 0.6) is 0 Å². The van der Waals surface area contributed by atoms with E-state index in [-0.39, 0.29) is 12.0 Å². The Morgan fingerprint density at radius 2 is 2.08 bits per heavy atom. The molecule has 0 aliphatic heterocycles. The van der Waals surface area contributed by atoms with Gasteiger partial charge < -0.3 is 10.4 Å². The van der Waals surface area contributed by atoms with Gasteiger partial charge >= 0.3 is 0 Å². The van der Waals surface area contributed by atoms with Crippen LogP contribution < -0.4 is 5.32 Å². The van der Waals surface area contributed by atoms with Gasteiger partial charge in [-0.15, -0.1) is 6.58 Å². The van der Waals surface area contributed by atoms with Crippen molar-refractivity contribution >= 4 is 0 Å². The lowest BCUT2D eigenvalue weighted by Gasteiger charge is -2.31. The van der Waals surface area contributed by atoms with Gasteiger partial charge in [0.15, 0.2) is 0 Å². The van der Waals surface area contributed by atoms with Crippen LogP contribution in [0.3, 0.4) is 0 Å². The quantitative estimate of drug-likeness (QED) is 0.489. The maximum Gasteiger partial charge on any atom is 0.0446 e. The second-order valence-corrected chi connectivity index (χ2v) is 4.46. The van der Waals surface area contributed by atoms with E-state index in [2.05, 4.69) is 32.7 Å². The fourth-order valence-electron chi connectivity index (χ4n) is 1.33. The first-order valence-corrected chi connectivity index (χ1v) is 4.97. The predicted molar refractivity (Wildman–Crippen MR) is 57.8 cm³/mol. The number of aliphatic hydroxyl groups excluding tert-OH is 1. The summed E-state index contributed by atoms with van der Waals surface area (Å²) in [5.74, 6) is 0. The lowest BCUT2D eigenvalue weighted by molar-refractivity contribution is 0.198. The summed E-state index contributed by atoms with van der Waals surface area (Å²) >= 11 is 0. The zero-order chi connectivity index (χ0) is 10.3. The van der Waals surface area contributed by atoms with E-state index < -0.39 is 0 Å². The fraction of sp³-hybridized carbons (Fsp3) is 0.818. The van der Waals surface area contributed by atoms with E-state index in [1.54, 1.807) is 0 Å². The van der Waals surface area contributed by atoms with Gasteiger partial charge in [0.2, 0.25) is 0 Å². The van der Waals surface area contributed by atoms with Gasteiger partial charge in [-0.2, -0.15) is 0 Å². The van der Waals surface area contributed by atoms with Gasteiger partial charge in [0.1, 0.15) is 0 Å². The molecule has 0 radical (unpaired) electrons. The largest absolute Gasteiger partial charge is 0.396 e. The third kappa shape index (κ3) is 5.83. The molecule has 0 saturated carbocycles. The molecule has 0 aromatic heterocycles. The molecule has 0 saturated heterocycles. The summed E-state index contributed by atoms with van der Waals surface area (Å²) in [5.41, 5.74) is 0.212. The molecule has 0 aliphatic carbocycles. The van der Waals surface area contributed by atoms with E-state index in [0.717, 1.165) is 19.4 Å². The number of rotatable bonds is 6. The normalized spacial score (nSPS) is 14.2. The molecule has 0 fully saturated rings. The van der Waals surface area contributed by atoms with Gasteiger partial charge in [-0.25, -0.2) is 0 Å². The van der Waals surface area contributed by atoms with E-state index in [1.165, 1.54) is 0 Å². The van der Waals surface area contributed by atoms with Crippen molar-refractivity contribution in [3.8, 4) is 0 Å².